The van der Waals surface area contributed by atoms with Crippen LogP contribution in [0.4, 0.5) is 0 Å². The Hall–Kier alpha value is -7.96. The molecule has 5 aromatic heterocycles. The van der Waals surface area contributed by atoms with E-state index in [0.717, 1.165) is 17.1 Å². The highest BCUT2D eigenvalue weighted by molar-refractivity contribution is 7.26. The van der Waals surface area contributed by atoms with Gasteiger partial charge < -0.3 is 13.7 Å². The van der Waals surface area contributed by atoms with Gasteiger partial charge in [-0.3, -0.25) is 0 Å². The Kier molecular flexibility index (Phi) is 7.26. The van der Waals surface area contributed by atoms with Gasteiger partial charge in [-0.05, 0) is 108 Å². The zero-order valence-electron chi connectivity index (χ0n) is 34.9. The minimum atomic E-state index is 1.14. The number of rotatable bonds is 4. The number of thiophene rings is 2. The van der Waals surface area contributed by atoms with Crippen LogP contribution in [0.5, 0.6) is 0 Å². The van der Waals surface area contributed by atoms with Gasteiger partial charge in [0.15, 0.2) is 0 Å². The number of hydrogen-bond acceptors (Lipinski definition) is 2. The highest BCUT2D eigenvalue weighted by Gasteiger charge is 2.22. The quantitative estimate of drug-likeness (QED) is 0.167. The SMILES string of the molecule is c1ccc(-c2ccc(-n3c4ccc(-n5c6ccccc6c6c7c(ccc65)sc5ccccc57)cc4c4cc(-n5c6ccccc6c6c7c(ccc65)sc5ccccc57)ccc43)cc2)cc1. The summed E-state index contributed by atoms with van der Waals surface area (Å²) in [6.07, 6.45) is 0. The molecule has 0 fully saturated rings. The molecule has 15 aromatic rings. The van der Waals surface area contributed by atoms with Crippen LogP contribution < -0.4 is 0 Å². The van der Waals surface area contributed by atoms with Gasteiger partial charge in [0, 0.05) is 89.7 Å². The smallest absolute Gasteiger partial charge is 0.0548 e. The Bertz CT molecular complexity index is 4220. The van der Waals surface area contributed by atoms with Crippen molar-refractivity contribution in [1.29, 1.82) is 0 Å². The number of nitrogens with zero attached hydrogens (tertiary/aromatic N) is 3. The average Bonchev–Trinajstić information content (AvgIpc) is 4.17. The van der Waals surface area contributed by atoms with E-state index in [1.165, 1.54) is 117 Å². The highest BCUT2D eigenvalue weighted by atomic mass is 32.1. The van der Waals surface area contributed by atoms with E-state index >= 15 is 0 Å². The molecular weight excluding hydrogens is 827 g/mol. The number of aromatic nitrogens is 3. The molecule has 0 spiro atoms. The Labute approximate surface area is 380 Å². The van der Waals surface area contributed by atoms with Crippen LogP contribution in [0.3, 0.4) is 0 Å². The molecule has 10 aromatic carbocycles. The molecule has 302 valence electrons. The molecule has 65 heavy (non-hydrogen) atoms. The Morgan fingerprint density at radius 3 is 1.14 bits per heavy atom. The van der Waals surface area contributed by atoms with E-state index in [1.54, 1.807) is 0 Å². The van der Waals surface area contributed by atoms with Gasteiger partial charge in [-0.2, -0.15) is 0 Å². The molecule has 3 nitrogen and oxygen atoms in total. The van der Waals surface area contributed by atoms with Gasteiger partial charge in [-0.25, -0.2) is 0 Å². The second-order valence-electron chi connectivity index (χ2n) is 17.2. The van der Waals surface area contributed by atoms with E-state index in [9.17, 15) is 0 Å². The molecule has 15 rings (SSSR count). The summed E-state index contributed by atoms with van der Waals surface area (Å²) in [6, 6.07) is 78.8. The first-order valence-corrected chi connectivity index (χ1v) is 23.8. The van der Waals surface area contributed by atoms with Crippen molar-refractivity contribution in [3.8, 4) is 28.2 Å². The lowest BCUT2D eigenvalue weighted by atomic mass is 10.1. The van der Waals surface area contributed by atoms with Crippen LogP contribution in [-0.2, 0) is 0 Å². The Morgan fingerprint density at radius 1 is 0.231 bits per heavy atom. The summed E-state index contributed by atoms with van der Waals surface area (Å²) in [6.45, 7) is 0. The van der Waals surface area contributed by atoms with Crippen LogP contribution in [-0.4, -0.2) is 13.7 Å². The van der Waals surface area contributed by atoms with Crippen molar-refractivity contribution in [2.75, 3.05) is 0 Å². The van der Waals surface area contributed by atoms with Crippen LogP contribution in [0.2, 0.25) is 0 Å². The number of para-hydroxylation sites is 2. The predicted molar refractivity (Wildman–Crippen MR) is 281 cm³/mol. The van der Waals surface area contributed by atoms with Crippen molar-refractivity contribution < 1.29 is 0 Å². The highest BCUT2D eigenvalue weighted by Crippen LogP contribution is 2.46. The summed E-state index contributed by atoms with van der Waals surface area (Å²) in [4.78, 5) is 0. The van der Waals surface area contributed by atoms with Crippen molar-refractivity contribution in [1.82, 2.24) is 13.7 Å². The van der Waals surface area contributed by atoms with Crippen LogP contribution in [0.1, 0.15) is 0 Å². The summed E-state index contributed by atoms with van der Waals surface area (Å²) in [5.41, 5.74) is 13.1. The molecule has 0 aliphatic rings. The van der Waals surface area contributed by atoms with E-state index < -0.39 is 0 Å². The average molecular weight is 862 g/mol. The molecule has 0 saturated heterocycles. The molecule has 5 heterocycles. The normalized spacial score (nSPS) is 12.3. The topological polar surface area (TPSA) is 14.8 Å². The lowest BCUT2D eigenvalue weighted by molar-refractivity contribution is 1.16. The van der Waals surface area contributed by atoms with Gasteiger partial charge in [0.2, 0.25) is 0 Å². The van der Waals surface area contributed by atoms with Gasteiger partial charge in [-0.1, -0.05) is 115 Å². The molecule has 5 heteroatoms. The van der Waals surface area contributed by atoms with Crippen LogP contribution in [0.15, 0.2) is 212 Å². The largest absolute Gasteiger partial charge is 0.309 e. The minimum Gasteiger partial charge on any atom is -0.309 e. The number of benzene rings is 10. The maximum Gasteiger partial charge on any atom is 0.0548 e. The van der Waals surface area contributed by atoms with E-state index in [0.29, 0.717) is 0 Å². The fourth-order valence-corrected chi connectivity index (χ4v) is 13.3. The molecule has 0 radical (unpaired) electrons. The summed E-state index contributed by atoms with van der Waals surface area (Å²) >= 11 is 3.77. The van der Waals surface area contributed by atoms with E-state index in [1.807, 2.05) is 22.7 Å². The van der Waals surface area contributed by atoms with Gasteiger partial charge in [0.1, 0.15) is 0 Å². The lowest BCUT2D eigenvalue weighted by Crippen LogP contribution is -1.96. The van der Waals surface area contributed by atoms with Crippen LogP contribution in [0.25, 0.3) is 134 Å². The summed E-state index contributed by atoms with van der Waals surface area (Å²) in [5, 5.41) is 13.0. The summed E-state index contributed by atoms with van der Waals surface area (Å²) < 4.78 is 12.7. The molecule has 0 saturated carbocycles. The minimum absolute atomic E-state index is 1.14. The first-order chi connectivity index (χ1) is 32.2. The number of hydrogen-bond donors (Lipinski definition) is 0. The van der Waals surface area contributed by atoms with Gasteiger partial charge >= 0.3 is 0 Å². The molecule has 0 amide bonds. The second-order valence-corrected chi connectivity index (χ2v) is 19.4. The molecule has 0 aliphatic heterocycles. The molecule has 0 unspecified atom stereocenters. The van der Waals surface area contributed by atoms with Crippen LogP contribution in [0, 0.1) is 0 Å². The third kappa shape index (κ3) is 4.94. The zero-order valence-corrected chi connectivity index (χ0v) is 36.5. The third-order valence-electron chi connectivity index (χ3n) is 13.8. The second kappa shape index (κ2) is 13.3. The van der Waals surface area contributed by atoms with E-state index in [4.69, 9.17) is 0 Å². The maximum absolute atomic E-state index is 2.49. The Morgan fingerprint density at radius 2 is 0.615 bits per heavy atom. The monoisotopic (exact) mass is 861 g/mol. The lowest BCUT2D eigenvalue weighted by Gasteiger charge is -2.11. The van der Waals surface area contributed by atoms with Gasteiger partial charge in [-0.15, -0.1) is 22.7 Å². The molecule has 0 atom stereocenters. The maximum atomic E-state index is 2.49. The third-order valence-corrected chi connectivity index (χ3v) is 16.1. The van der Waals surface area contributed by atoms with Crippen LogP contribution >= 0.6 is 22.7 Å². The molecule has 0 N–H and O–H groups in total. The molecule has 0 aliphatic carbocycles. The van der Waals surface area contributed by atoms with E-state index in [-0.39, 0.29) is 0 Å². The predicted octanol–water partition coefficient (Wildman–Crippen LogP) is 17.4. The first-order valence-electron chi connectivity index (χ1n) is 22.2. The Balaban J connectivity index is 1.01. The molecule has 0 bridgehead atoms. The molecular formula is C60H35N3S2. The van der Waals surface area contributed by atoms with Crippen molar-refractivity contribution in [3.05, 3.63) is 212 Å². The van der Waals surface area contributed by atoms with Crippen molar-refractivity contribution in [2.24, 2.45) is 0 Å². The first kappa shape index (κ1) is 35.5. The van der Waals surface area contributed by atoms with Crippen molar-refractivity contribution >= 4 is 128 Å². The summed E-state index contributed by atoms with van der Waals surface area (Å²) in [7, 11) is 0. The van der Waals surface area contributed by atoms with Crippen molar-refractivity contribution in [3.63, 3.8) is 0 Å². The van der Waals surface area contributed by atoms with E-state index in [2.05, 4.69) is 226 Å². The standard InChI is InChI=1S/C60H35N3S2/c1-2-12-36(13-3-1)37-22-24-38(25-23-37)61-49-28-26-39(62-47-18-8-4-14-41(47)57-51(62)30-32-55-59(57)43-16-6-10-20-53(43)64-55)34-45(49)46-35-40(27-29-50(46)61)63-48-19-9-5-15-42(48)58-52(63)31-33-56-60(58)44-17-7-11-21-54(44)65-56/h1-35H. The summed E-state index contributed by atoms with van der Waals surface area (Å²) in [5.74, 6) is 0. The van der Waals surface area contributed by atoms with Gasteiger partial charge in [0.25, 0.3) is 0 Å². The zero-order chi connectivity index (χ0) is 42.3. The van der Waals surface area contributed by atoms with Gasteiger partial charge in [0.05, 0.1) is 33.1 Å². The van der Waals surface area contributed by atoms with Crippen molar-refractivity contribution in [2.45, 2.75) is 0 Å². The number of fused-ring (bicyclic) bond motifs is 17. The fourth-order valence-electron chi connectivity index (χ4n) is 11.1. The fraction of sp³-hybridized carbons (Fsp3) is 0.